The van der Waals surface area contributed by atoms with Crippen molar-refractivity contribution in [2.75, 3.05) is 16.0 Å². The van der Waals surface area contributed by atoms with Gasteiger partial charge in [-0.25, -0.2) is 9.78 Å². The molecule has 0 aliphatic carbocycles. The number of nitrogens with zero attached hydrogens (tertiary/aromatic N) is 1. The number of benzene rings is 2. The third-order valence-corrected chi connectivity index (χ3v) is 4.65. The van der Waals surface area contributed by atoms with Crippen LogP contribution in [0.4, 0.5) is 21.9 Å². The van der Waals surface area contributed by atoms with E-state index in [0.29, 0.717) is 21.9 Å². The van der Waals surface area contributed by atoms with Gasteiger partial charge in [-0.05, 0) is 42.8 Å². The van der Waals surface area contributed by atoms with E-state index in [2.05, 4.69) is 20.9 Å². The first-order chi connectivity index (χ1) is 12.6. The monoisotopic (exact) mass is 366 g/mol. The zero-order valence-corrected chi connectivity index (χ0v) is 15.0. The van der Waals surface area contributed by atoms with Crippen molar-refractivity contribution in [2.45, 2.75) is 13.3 Å². The van der Waals surface area contributed by atoms with Crippen LogP contribution in [0.5, 0.6) is 0 Å². The van der Waals surface area contributed by atoms with Gasteiger partial charge < -0.3 is 16.0 Å². The van der Waals surface area contributed by atoms with Gasteiger partial charge in [-0.15, -0.1) is 11.3 Å². The highest BCUT2D eigenvalue weighted by Gasteiger charge is 2.10. The second-order valence-electron chi connectivity index (χ2n) is 5.45. The maximum atomic E-state index is 12.2. The van der Waals surface area contributed by atoms with Crippen LogP contribution < -0.4 is 16.0 Å². The molecule has 0 unspecified atom stereocenters. The number of hydrogen-bond donors (Lipinski definition) is 3. The molecule has 0 spiro atoms. The lowest BCUT2D eigenvalue weighted by atomic mass is 10.2. The van der Waals surface area contributed by atoms with Crippen LogP contribution in [-0.4, -0.2) is 16.9 Å². The summed E-state index contributed by atoms with van der Waals surface area (Å²) in [5.74, 6) is -0.190. The summed E-state index contributed by atoms with van der Waals surface area (Å²) < 4.78 is 0. The van der Waals surface area contributed by atoms with Crippen LogP contribution in [0.3, 0.4) is 0 Å². The summed E-state index contributed by atoms with van der Waals surface area (Å²) in [6.07, 6.45) is 2.39. The number of rotatable bonds is 5. The first kappa shape index (κ1) is 17.6. The summed E-state index contributed by atoms with van der Waals surface area (Å²) in [7, 11) is 0. The number of carbonyl (C=O) groups is 2. The standard InChI is InChI=1S/C19H18N4O2S/c1-2-17-20-12-16(26-17)18(24)21-14-8-10-15(11-9-14)23-19(25)22-13-6-4-3-5-7-13/h3-12H,2H2,1H3,(H,21,24)(H2,22,23,25). The Kier molecular flexibility index (Phi) is 5.60. The van der Waals surface area contributed by atoms with E-state index in [9.17, 15) is 9.59 Å². The van der Waals surface area contributed by atoms with Crippen molar-refractivity contribution in [3.05, 3.63) is 70.7 Å². The molecular formula is C19H18N4O2S. The molecule has 26 heavy (non-hydrogen) atoms. The van der Waals surface area contributed by atoms with E-state index < -0.39 is 0 Å². The maximum Gasteiger partial charge on any atom is 0.323 e. The quantitative estimate of drug-likeness (QED) is 0.617. The lowest BCUT2D eigenvalue weighted by molar-refractivity contribution is 0.103. The Morgan fingerprint density at radius 3 is 2.04 bits per heavy atom. The van der Waals surface area contributed by atoms with Crippen molar-refractivity contribution in [2.24, 2.45) is 0 Å². The summed E-state index contributed by atoms with van der Waals surface area (Å²) in [5.41, 5.74) is 1.99. The zero-order valence-electron chi connectivity index (χ0n) is 14.2. The normalized spacial score (nSPS) is 10.2. The molecule has 2 aromatic carbocycles. The molecular weight excluding hydrogens is 348 g/mol. The highest BCUT2D eigenvalue weighted by molar-refractivity contribution is 7.13. The zero-order chi connectivity index (χ0) is 18.4. The average molecular weight is 366 g/mol. The van der Waals surface area contributed by atoms with Crippen LogP contribution >= 0.6 is 11.3 Å². The van der Waals surface area contributed by atoms with Gasteiger partial charge in [-0.2, -0.15) is 0 Å². The van der Waals surface area contributed by atoms with Gasteiger partial charge in [0, 0.05) is 17.1 Å². The lowest BCUT2D eigenvalue weighted by Gasteiger charge is -2.09. The molecule has 132 valence electrons. The average Bonchev–Trinajstić information content (AvgIpc) is 3.13. The second kappa shape index (κ2) is 8.26. The first-order valence-electron chi connectivity index (χ1n) is 8.13. The van der Waals surface area contributed by atoms with Crippen LogP contribution in [-0.2, 0) is 6.42 Å². The lowest BCUT2D eigenvalue weighted by Crippen LogP contribution is -2.19. The Balaban J connectivity index is 1.56. The van der Waals surface area contributed by atoms with Gasteiger partial charge in [0.25, 0.3) is 5.91 Å². The molecule has 1 aromatic heterocycles. The van der Waals surface area contributed by atoms with E-state index in [-0.39, 0.29) is 11.9 Å². The van der Waals surface area contributed by atoms with Crippen LogP contribution in [0.1, 0.15) is 21.6 Å². The predicted octanol–water partition coefficient (Wildman–Crippen LogP) is 4.60. The largest absolute Gasteiger partial charge is 0.323 e. The minimum absolute atomic E-state index is 0.190. The van der Waals surface area contributed by atoms with Gasteiger partial charge in [0.1, 0.15) is 4.88 Å². The molecule has 0 saturated heterocycles. The second-order valence-corrected chi connectivity index (χ2v) is 6.56. The predicted molar refractivity (Wildman–Crippen MR) is 105 cm³/mol. The number of nitrogens with one attached hydrogen (secondary N) is 3. The Bertz CT molecular complexity index is 891. The van der Waals surface area contributed by atoms with Crippen molar-refractivity contribution < 1.29 is 9.59 Å². The smallest absolute Gasteiger partial charge is 0.321 e. The number of carbonyl (C=O) groups excluding carboxylic acids is 2. The van der Waals surface area contributed by atoms with E-state index in [1.807, 2.05) is 37.3 Å². The molecule has 0 fully saturated rings. The van der Waals surface area contributed by atoms with Crippen molar-refractivity contribution in [1.82, 2.24) is 4.98 Å². The molecule has 3 amide bonds. The Morgan fingerprint density at radius 2 is 1.46 bits per heavy atom. The van der Waals surface area contributed by atoms with E-state index in [0.717, 1.165) is 11.4 Å². The number of urea groups is 1. The molecule has 7 heteroatoms. The van der Waals surface area contributed by atoms with Crippen LogP contribution in [0.15, 0.2) is 60.8 Å². The highest BCUT2D eigenvalue weighted by atomic mass is 32.1. The molecule has 0 atom stereocenters. The number of anilines is 3. The van der Waals surface area contributed by atoms with E-state index in [1.54, 1.807) is 30.5 Å². The number of amides is 3. The third kappa shape index (κ3) is 4.67. The number of thiazole rings is 1. The molecule has 1 heterocycles. The Hall–Kier alpha value is -3.19. The van der Waals surface area contributed by atoms with Gasteiger partial charge >= 0.3 is 6.03 Å². The molecule has 0 aliphatic rings. The molecule has 0 bridgehead atoms. The number of hydrogen-bond acceptors (Lipinski definition) is 4. The van der Waals surface area contributed by atoms with E-state index >= 15 is 0 Å². The van der Waals surface area contributed by atoms with Crippen LogP contribution in [0.25, 0.3) is 0 Å². The fraction of sp³-hybridized carbons (Fsp3) is 0.105. The van der Waals surface area contributed by atoms with Crippen molar-refractivity contribution in [3.8, 4) is 0 Å². The highest BCUT2D eigenvalue weighted by Crippen LogP contribution is 2.18. The fourth-order valence-electron chi connectivity index (χ4n) is 2.22. The summed E-state index contributed by atoms with van der Waals surface area (Å²) in [5, 5.41) is 9.23. The van der Waals surface area contributed by atoms with E-state index in [1.165, 1.54) is 11.3 Å². The van der Waals surface area contributed by atoms with Crippen LogP contribution in [0.2, 0.25) is 0 Å². The summed E-state index contributed by atoms with van der Waals surface area (Å²) >= 11 is 1.38. The SMILES string of the molecule is CCc1ncc(C(=O)Nc2ccc(NC(=O)Nc3ccccc3)cc2)s1. The van der Waals surface area contributed by atoms with Gasteiger partial charge in [0.2, 0.25) is 0 Å². The van der Waals surface area contributed by atoms with Crippen molar-refractivity contribution in [3.63, 3.8) is 0 Å². The topological polar surface area (TPSA) is 83.1 Å². The van der Waals surface area contributed by atoms with Gasteiger partial charge in [-0.1, -0.05) is 25.1 Å². The van der Waals surface area contributed by atoms with Crippen LogP contribution in [0, 0.1) is 0 Å². The Morgan fingerprint density at radius 1 is 0.885 bits per heavy atom. The molecule has 3 rings (SSSR count). The van der Waals surface area contributed by atoms with Gasteiger partial charge in [0.05, 0.1) is 11.2 Å². The van der Waals surface area contributed by atoms with Gasteiger partial charge in [-0.3, -0.25) is 4.79 Å². The maximum absolute atomic E-state index is 12.2. The molecule has 3 N–H and O–H groups in total. The first-order valence-corrected chi connectivity index (χ1v) is 8.95. The molecule has 6 nitrogen and oxygen atoms in total. The number of aromatic nitrogens is 1. The van der Waals surface area contributed by atoms with E-state index in [4.69, 9.17) is 0 Å². The number of aryl methyl sites for hydroxylation is 1. The summed E-state index contributed by atoms with van der Waals surface area (Å²) in [6.45, 7) is 2.00. The third-order valence-electron chi connectivity index (χ3n) is 3.51. The number of para-hydroxylation sites is 1. The molecule has 0 radical (unpaired) electrons. The minimum Gasteiger partial charge on any atom is -0.321 e. The Labute approximate surface area is 155 Å². The fourth-order valence-corrected chi connectivity index (χ4v) is 2.98. The van der Waals surface area contributed by atoms with Gasteiger partial charge in [0.15, 0.2) is 0 Å². The molecule has 0 aliphatic heterocycles. The summed E-state index contributed by atoms with van der Waals surface area (Å²) in [4.78, 5) is 28.9. The molecule has 3 aromatic rings. The van der Waals surface area contributed by atoms with Crippen molar-refractivity contribution >= 4 is 40.3 Å². The molecule has 0 saturated carbocycles. The minimum atomic E-state index is -0.329. The van der Waals surface area contributed by atoms with Crippen molar-refractivity contribution in [1.29, 1.82) is 0 Å². The summed E-state index contributed by atoms with van der Waals surface area (Å²) in [6, 6.07) is 15.8.